The molecule has 0 heterocycles. The molecule has 5 unspecified atom stereocenters. The average Bonchev–Trinajstić information content (AvgIpc) is 2.51. The molecule has 1 aliphatic rings. The molecular formula is C20H39IO. The van der Waals surface area contributed by atoms with Gasteiger partial charge in [-0.2, -0.15) is 0 Å². The number of allylic oxidation sites excluding steroid dienone is 1. The average molecular weight is 422 g/mol. The van der Waals surface area contributed by atoms with Crippen LogP contribution in [0.5, 0.6) is 0 Å². The Hall–Kier alpha value is 0.430. The highest BCUT2D eigenvalue weighted by molar-refractivity contribution is 14.1. The summed E-state index contributed by atoms with van der Waals surface area (Å²) in [7, 11) is 0. The zero-order valence-corrected chi connectivity index (χ0v) is 17.7. The van der Waals surface area contributed by atoms with Crippen molar-refractivity contribution in [2.45, 2.75) is 79.6 Å². The van der Waals surface area contributed by atoms with Gasteiger partial charge in [0.25, 0.3) is 0 Å². The minimum Gasteiger partial charge on any atom is -0.396 e. The lowest BCUT2D eigenvalue weighted by molar-refractivity contribution is 0.120. The van der Waals surface area contributed by atoms with Crippen LogP contribution in [0.2, 0.25) is 0 Å². The molecule has 1 N–H and O–H groups in total. The predicted octanol–water partition coefficient (Wildman–Crippen LogP) is 6.84. The van der Waals surface area contributed by atoms with Crippen LogP contribution in [0.25, 0.3) is 0 Å². The number of aliphatic hydroxyl groups excluding tert-OH is 1. The molecule has 22 heavy (non-hydrogen) atoms. The molecule has 0 aromatic rings. The highest BCUT2D eigenvalue weighted by Crippen LogP contribution is 2.40. The van der Waals surface area contributed by atoms with E-state index in [9.17, 15) is 0 Å². The third-order valence-corrected chi connectivity index (χ3v) is 5.79. The maximum absolute atomic E-state index is 9.07. The van der Waals surface area contributed by atoms with Crippen molar-refractivity contribution >= 4 is 22.6 Å². The lowest BCUT2D eigenvalue weighted by atomic mass is 9.67. The number of aliphatic hydroxyl groups is 1. The molecule has 0 aromatic carbocycles. The van der Waals surface area contributed by atoms with Gasteiger partial charge in [-0.25, -0.2) is 0 Å². The zero-order chi connectivity index (χ0) is 17.0. The first kappa shape index (κ1) is 22.4. The van der Waals surface area contributed by atoms with E-state index in [-0.39, 0.29) is 0 Å². The van der Waals surface area contributed by atoms with Gasteiger partial charge in [0.1, 0.15) is 0 Å². The highest BCUT2D eigenvalue weighted by atomic mass is 127. The van der Waals surface area contributed by atoms with Crippen LogP contribution in [0.4, 0.5) is 0 Å². The summed E-state index contributed by atoms with van der Waals surface area (Å²) in [4.78, 5) is 0. The van der Waals surface area contributed by atoms with Crippen molar-refractivity contribution in [3.8, 4) is 0 Å². The number of hydrogen-bond donors (Lipinski definition) is 1. The van der Waals surface area contributed by atoms with Crippen LogP contribution in [-0.4, -0.2) is 11.7 Å². The molecule has 1 fully saturated rings. The van der Waals surface area contributed by atoms with E-state index < -0.39 is 0 Å². The molecule has 1 aliphatic carbocycles. The van der Waals surface area contributed by atoms with Crippen molar-refractivity contribution in [2.75, 3.05) is 6.61 Å². The molecule has 1 nitrogen and oxygen atoms in total. The van der Waals surface area contributed by atoms with Crippen LogP contribution < -0.4 is 0 Å². The van der Waals surface area contributed by atoms with Gasteiger partial charge >= 0.3 is 0 Å². The van der Waals surface area contributed by atoms with Gasteiger partial charge in [-0.05, 0) is 52.9 Å². The second-order valence-electron chi connectivity index (χ2n) is 7.20. The first-order valence-corrected chi connectivity index (χ1v) is 10.7. The van der Waals surface area contributed by atoms with Gasteiger partial charge in [0.05, 0.1) is 0 Å². The third-order valence-electron chi connectivity index (χ3n) is 5.37. The number of halogens is 1. The number of hydrogen-bond acceptors (Lipinski definition) is 1. The van der Waals surface area contributed by atoms with E-state index >= 15 is 0 Å². The van der Waals surface area contributed by atoms with Gasteiger partial charge in [0.2, 0.25) is 0 Å². The van der Waals surface area contributed by atoms with Crippen molar-refractivity contribution in [3.05, 3.63) is 10.2 Å². The molecule has 0 amide bonds. The van der Waals surface area contributed by atoms with Gasteiger partial charge in [0, 0.05) is 6.61 Å². The van der Waals surface area contributed by atoms with Crippen LogP contribution >= 0.6 is 22.6 Å². The molecule has 0 aliphatic heterocycles. The second kappa shape index (κ2) is 13.8. The van der Waals surface area contributed by atoms with Gasteiger partial charge in [-0.15, -0.1) is 0 Å². The quantitative estimate of drug-likeness (QED) is 0.446. The van der Waals surface area contributed by atoms with Gasteiger partial charge in [-0.3, -0.25) is 0 Å². The van der Waals surface area contributed by atoms with Crippen molar-refractivity contribution in [1.82, 2.24) is 0 Å². The summed E-state index contributed by atoms with van der Waals surface area (Å²) >= 11 is 2.33. The molecule has 0 saturated heterocycles. The van der Waals surface area contributed by atoms with Gasteiger partial charge in [-0.1, -0.05) is 89.0 Å². The molecule has 0 bridgehead atoms. The lowest BCUT2D eigenvalue weighted by Gasteiger charge is -2.38. The maximum Gasteiger partial charge on any atom is 0.0431 e. The third kappa shape index (κ3) is 8.33. The standard InChI is InChI=1S/C17H31IO.C3H8/c1-13-7-4-5-9-17(13)15(3)14(2)16(10-11-18)8-6-12-19;1-3-2/h10-11,13-17,19H,4-9,12H2,1-3H3;3H2,1-2H3/b11-10-;. The first-order chi connectivity index (χ1) is 10.5. The van der Waals surface area contributed by atoms with E-state index in [4.69, 9.17) is 5.11 Å². The smallest absolute Gasteiger partial charge is 0.0431 e. The van der Waals surface area contributed by atoms with E-state index in [1.807, 2.05) is 0 Å². The van der Waals surface area contributed by atoms with Crippen LogP contribution in [-0.2, 0) is 0 Å². The van der Waals surface area contributed by atoms with Crippen LogP contribution in [0, 0.1) is 29.6 Å². The summed E-state index contributed by atoms with van der Waals surface area (Å²) in [5.41, 5.74) is 0. The molecule has 1 saturated carbocycles. The van der Waals surface area contributed by atoms with Crippen LogP contribution in [0.3, 0.4) is 0 Å². The Balaban J connectivity index is 0.00000135. The Morgan fingerprint density at radius 2 is 1.77 bits per heavy atom. The molecule has 132 valence electrons. The lowest BCUT2D eigenvalue weighted by Crippen LogP contribution is -2.30. The Bertz CT molecular complexity index is 277. The highest BCUT2D eigenvalue weighted by Gasteiger charge is 2.31. The molecule has 0 aromatic heterocycles. The number of rotatable bonds is 7. The Morgan fingerprint density at radius 1 is 1.18 bits per heavy atom. The summed E-state index contributed by atoms with van der Waals surface area (Å²) in [5.74, 6) is 3.96. The van der Waals surface area contributed by atoms with E-state index in [2.05, 4.69) is 67.4 Å². The largest absolute Gasteiger partial charge is 0.396 e. The van der Waals surface area contributed by atoms with Crippen molar-refractivity contribution in [3.63, 3.8) is 0 Å². The molecule has 1 rings (SSSR count). The van der Waals surface area contributed by atoms with E-state index in [0.717, 1.165) is 36.5 Å². The molecule has 0 spiro atoms. The molecule has 5 atom stereocenters. The van der Waals surface area contributed by atoms with E-state index in [1.54, 1.807) is 0 Å². The van der Waals surface area contributed by atoms with Crippen molar-refractivity contribution < 1.29 is 5.11 Å². The first-order valence-electron chi connectivity index (χ1n) is 9.41. The summed E-state index contributed by atoms with van der Waals surface area (Å²) in [6.07, 6.45) is 11.4. The summed E-state index contributed by atoms with van der Waals surface area (Å²) < 4.78 is 2.16. The zero-order valence-electron chi connectivity index (χ0n) is 15.5. The van der Waals surface area contributed by atoms with E-state index in [0.29, 0.717) is 12.5 Å². The van der Waals surface area contributed by atoms with Gasteiger partial charge < -0.3 is 5.11 Å². The van der Waals surface area contributed by atoms with Crippen LogP contribution in [0.15, 0.2) is 10.2 Å². The summed E-state index contributed by atoms with van der Waals surface area (Å²) in [6, 6.07) is 0. The van der Waals surface area contributed by atoms with Gasteiger partial charge in [0.15, 0.2) is 0 Å². The minimum atomic E-state index is 0.326. The molecular weight excluding hydrogens is 383 g/mol. The van der Waals surface area contributed by atoms with Crippen molar-refractivity contribution in [2.24, 2.45) is 29.6 Å². The summed E-state index contributed by atoms with van der Waals surface area (Å²) in [5, 5.41) is 9.07. The Labute approximate surface area is 153 Å². The molecule has 2 heteroatoms. The Kier molecular flexibility index (Phi) is 14.1. The van der Waals surface area contributed by atoms with Crippen LogP contribution in [0.1, 0.15) is 79.6 Å². The minimum absolute atomic E-state index is 0.326. The fraction of sp³-hybridized carbons (Fsp3) is 0.900. The summed E-state index contributed by atoms with van der Waals surface area (Å²) in [6.45, 7) is 11.9. The predicted molar refractivity (Wildman–Crippen MR) is 108 cm³/mol. The fourth-order valence-corrected chi connectivity index (χ4v) is 4.39. The second-order valence-corrected chi connectivity index (χ2v) is 7.92. The van der Waals surface area contributed by atoms with Crippen molar-refractivity contribution in [1.29, 1.82) is 0 Å². The SMILES string of the molecule is CC1CCCCC1C(C)C(C)C(/C=C\I)CCCO.CCC. The fourth-order valence-electron chi connectivity index (χ4n) is 3.86. The maximum atomic E-state index is 9.07. The molecule has 0 radical (unpaired) electrons. The topological polar surface area (TPSA) is 20.2 Å². The Morgan fingerprint density at radius 3 is 2.27 bits per heavy atom. The normalized spacial score (nSPS) is 26.1. The van der Waals surface area contributed by atoms with E-state index in [1.165, 1.54) is 32.1 Å². The monoisotopic (exact) mass is 422 g/mol.